The number of hydrogen-bond acceptors (Lipinski definition) is 15. The van der Waals surface area contributed by atoms with Gasteiger partial charge in [-0.3, -0.25) is 37.3 Å². The summed E-state index contributed by atoms with van der Waals surface area (Å²) in [7, 11) is -9.92. The largest absolute Gasteiger partial charge is 0.472 e. The van der Waals surface area contributed by atoms with Gasteiger partial charge in [0.1, 0.15) is 19.3 Å². The monoisotopic (exact) mass is 1520 g/mol. The lowest BCUT2D eigenvalue weighted by Gasteiger charge is -2.21. The van der Waals surface area contributed by atoms with Gasteiger partial charge < -0.3 is 33.8 Å². The Balaban J connectivity index is 5.15. The number of aliphatic hydroxyl groups excluding tert-OH is 1. The van der Waals surface area contributed by atoms with E-state index in [9.17, 15) is 43.2 Å². The Morgan fingerprint density at radius 1 is 0.260 bits per heavy atom. The molecular weight excluding hydrogens is 1350 g/mol. The fourth-order valence-corrected chi connectivity index (χ4v) is 14.8. The number of rotatable bonds is 84. The summed E-state index contributed by atoms with van der Waals surface area (Å²) >= 11 is 0. The zero-order valence-electron chi connectivity index (χ0n) is 68.3. The van der Waals surface area contributed by atoms with Crippen LogP contribution < -0.4 is 0 Å². The summed E-state index contributed by atoms with van der Waals surface area (Å²) in [6, 6.07) is 0. The van der Waals surface area contributed by atoms with E-state index in [1.165, 1.54) is 257 Å². The molecule has 0 bridgehead atoms. The van der Waals surface area contributed by atoms with Crippen LogP contribution >= 0.6 is 15.6 Å². The van der Waals surface area contributed by atoms with E-state index in [-0.39, 0.29) is 25.7 Å². The van der Waals surface area contributed by atoms with Crippen molar-refractivity contribution in [2.45, 2.75) is 471 Å². The standard InChI is InChI=1S/C85H166O17P2/c1-7-9-11-13-15-16-17-18-19-20-21-22-23-24-29-32-35-40-45-51-57-63-69-84(89)102-81(74-96-83(88)68-62-56-50-44-39-34-31-28-26-25-27-30-33-37-42-48-53-59-65-77(3)4)76-100-104(93,94)98-72-79(86)71-97-103(91,92)99-75-80(73-95-82(87)67-61-55-47-14-12-10-8-2)101-85(90)70-64-58-52-46-41-36-38-43-49-54-60-66-78(5)6/h77-81,86H,7-76H2,1-6H3,(H,91,92)(H,93,94)/t79-,80+,81+/m0/s1. The molecule has 17 nitrogen and oxygen atoms in total. The number of esters is 4. The Morgan fingerprint density at radius 3 is 0.654 bits per heavy atom. The fourth-order valence-electron chi connectivity index (χ4n) is 13.2. The van der Waals surface area contributed by atoms with Gasteiger partial charge >= 0.3 is 39.5 Å². The Labute approximate surface area is 638 Å². The molecule has 0 heterocycles. The summed E-state index contributed by atoms with van der Waals surface area (Å²) in [5, 5.41) is 10.6. The zero-order chi connectivity index (χ0) is 76.4. The third kappa shape index (κ3) is 78.2. The molecule has 2 unspecified atom stereocenters. The van der Waals surface area contributed by atoms with Gasteiger partial charge in [-0.15, -0.1) is 0 Å². The van der Waals surface area contributed by atoms with Crippen molar-refractivity contribution in [2.75, 3.05) is 39.6 Å². The van der Waals surface area contributed by atoms with Crippen LogP contribution in [0.25, 0.3) is 0 Å². The van der Waals surface area contributed by atoms with Crippen molar-refractivity contribution in [1.29, 1.82) is 0 Å². The van der Waals surface area contributed by atoms with Crippen molar-refractivity contribution in [1.82, 2.24) is 0 Å². The molecule has 0 saturated carbocycles. The Kier molecular flexibility index (Phi) is 75.0. The summed E-state index contributed by atoms with van der Waals surface area (Å²) in [5.41, 5.74) is 0. The number of phosphoric acid groups is 2. The summed E-state index contributed by atoms with van der Waals surface area (Å²) in [6.07, 6.45) is 68.4. The Bertz CT molecular complexity index is 1990. The molecule has 19 heteroatoms. The van der Waals surface area contributed by atoms with Crippen LogP contribution in [0.15, 0.2) is 0 Å². The first-order chi connectivity index (χ1) is 50.4. The fraction of sp³-hybridized carbons (Fsp3) is 0.953. The van der Waals surface area contributed by atoms with Gasteiger partial charge in [0, 0.05) is 25.7 Å². The third-order valence-corrected chi connectivity index (χ3v) is 21.9. The topological polar surface area (TPSA) is 237 Å². The van der Waals surface area contributed by atoms with E-state index in [0.29, 0.717) is 25.7 Å². The highest BCUT2D eigenvalue weighted by molar-refractivity contribution is 7.47. The molecule has 5 atom stereocenters. The molecule has 0 fully saturated rings. The third-order valence-electron chi connectivity index (χ3n) is 20.0. The molecule has 0 aromatic carbocycles. The van der Waals surface area contributed by atoms with Crippen molar-refractivity contribution >= 4 is 39.5 Å². The van der Waals surface area contributed by atoms with Crippen LogP contribution in [0.3, 0.4) is 0 Å². The van der Waals surface area contributed by atoms with Gasteiger partial charge in [0.2, 0.25) is 0 Å². The molecule has 0 aliphatic rings. The van der Waals surface area contributed by atoms with Crippen LogP contribution in [-0.4, -0.2) is 96.7 Å². The minimum atomic E-state index is -4.96. The van der Waals surface area contributed by atoms with Crippen molar-refractivity contribution in [3.05, 3.63) is 0 Å². The molecule has 0 radical (unpaired) electrons. The second-order valence-electron chi connectivity index (χ2n) is 31.5. The number of aliphatic hydroxyl groups is 1. The maximum atomic E-state index is 13.1. The molecule has 0 amide bonds. The molecule has 0 saturated heterocycles. The lowest BCUT2D eigenvalue weighted by atomic mass is 10.0. The number of phosphoric ester groups is 2. The number of hydrogen-bond donors (Lipinski definition) is 3. The van der Waals surface area contributed by atoms with Crippen molar-refractivity contribution in [2.24, 2.45) is 11.8 Å². The summed E-state index contributed by atoms with van der Waals surface area (Å²) in [6.45, 7) is 9.65. The van der Waals surface area contributed by atoms with E-state index in [1.807, 2.05) is 0 Å². The molecule has 0 aromatic rings. The van der Waals surface area contributed by atoms with E-state index >= 15 is 0 Å². The highest BCUT2D eigenvalue weighted by Gasteiger charge is 2.30. The first-order valence-electron chi connectivity index (χ1n) is 44.0. The highest BCUT2D eigenvalue weighted by atomic mass is 31.2. The van der Waals surface area contributed by atoms with E-state index < -0.39 is 97.5 Å². The highest BCUT2D eigenvalue weighted by Crippen LogP contribution is 2.45. The van der Waals surface area contributed by atoms with Crippen LogP contribution in [0.5, 0.6) is 0 Å². The smallest absolute Gasteiger partial charge is 0.462 e. The zero-order valence-corrected chi connectivity index (χ0v) is 70.1. The average Bonchev–Trinajstić information content (AvgIpc) is 0.918. The maximum Gasteiger partial charge on any atom is 0.472 e. The van der Waals surface area contributed by atoms with E-state index in [4.69, 9.17) is 37.0 Å². The number of ether oxygens (including phenoxy) is 4. The van der Waals surface area contributed by atoms with Gasteiger partial charge in [-0.1, -0.05) is 401 Å². The summed E-state index contributed by atoms with van der Waals surface area (Å²) in [4.78, 5) is 73.0. The van der Waals surface area contributed by atoms with E-state index in [0.717, 1.165) is 115 Å². The van der Waals surface area contributed by atoms with Crippen LogP contribution in [-0.2, 0) is 65.4 Å². The molecule has 0 spiro atoms. The lowest BCUT2D eigenvalue weighted by Crippen LogP contribution is -2.30. The average molecular weight is 1520 g/mol. The molecule has 0 aliphatic carbocycles. The normalized spacial score (nSPS) is 13.8. The van der Waals surface area contributed by atoms with E-state index in [1.54, 1.807) is 0 Å². The van der Waals surface area contributed by atoms with Crippen molar-refractivity contribution in [3.63, 3.8) is 0 Å². The maximum absolute atomic E-state index is 13.1. The first-order valence-corrected chi connectivity index (χ1v) is 47.0. The molecule has 0 aliphatic heterocycles. The quantitative estimate of drug-likeness (QED) is 0.0222. The predicted octanol–water partition coefficient (Wildman–Crippen LogP) is 25.8. The van der Waals surface area contributed by atoms with Gasteiger partial charge in [-0.25, -0.2) is 9.13 Å². The second kappa shape index (κ2) is 76.4. The summed E-state index contributed by atoms with van der Waals surface area (Å²) in [5.74, 6) is -0.522. The van der Waals surface area contributed by atoms with Crippen LogP contribution in [0, 0.1) is 11.8 Å². The van der Waals surface area contributed by atoms with Gasteiger partial charge in [0.25, 0.3) is 0 Å². The van der Waals surface area contributed by atoms with Crippen molar-refractivity contribution in [3.8, 4) is 0 Å². The molecule has 3 N–H and O–H groups in total. The number of carbonyl (C=O) groups excluding carboxylic acids is 4. The van der Waals surface area contributed by atoms with Crippen LogP contribution in [0.1, 0.15) is 452 Å². The minimum Gasteiger partial charge on any atom is -0.462 e. The van der Waals surface area contributed by atoms with Gasteiger partial charge in [-0.05, 0) is 37.5 Å². The van der Waals surface area contributed by atoms with E-state index in [2.05, 4.69) is 41.5 Å². The molecule has 104 heavy (non-hydrogen) atoms. The number of unbranched alkanes of at least 4 members (excludes halogenated alkanes) is 54. The SMILES string of the molecule is CCCCCCCCCCCCCCCCCCCCCCCCC(=O)O[C@H](COC(=O)CCCCCCCCCCCCCCCCCCCCC(C)C)COP(=O)(O)OC[C@@H](O)COP(=O)(O)OC[C@@H](COC(=O)CCCCCCCCC)OC(=O)CCCCCCCCCCCCCC(C)C. The molecule has 618 valence electrons. The predicted molar refractivity (Wildman–Crippen MR) is 428 cm³/mol. The molecule has 0 rings (SSSR count). The molecular formula is C85H166O17P2. The van der Waals surface area contributed by atoms with Gasteiger partial charge in [-0.2, -0.15) is 0 Å². The van der Waals surface area contributed by atoms with Gasteiger partial charge in [0.05, 0.1) is 26.4 Å². The minimum absolute atomic E-state index is 0.106. The first kappa shape index (κ1) is 102. The number of carbonyl (C=O) groups is 4. The van der Waals surface area contributed by atoms with Crippen LogP contribution in [0.2, 0.25) is 0 Å². The van der Waals surface area contributed by atoms with Crippen molar-refractivity contribution < 1.29 is 80.2 Å². The summed E-state index contributed by atoms with van der Waals surface area (Å²) < 4.78 is 68.7. The Morgan fingerprint density at radius 2 is 0.442 bits per heavy atom. The second-order valence-corrected chi connectivity index (χ2v) is 34.4. The molecule has 0 aromatic heterocycles. The lowest BCUT2D eigenvalue weighted by molar-refractivity contribution is -0.161. The Hall–Kier alpha value is -1.94. The van der Waals surface area contributed by atoms with Crippen LogP contribution in [0.4, 0.5) is 0 Å². The van der Waals surface area contributed by atoms with Gasteiger partial charge in [0.15, 0.2) is 12.2 Å².